The van der Waals surface area contributed by atoms with Crippen LogP contribution < -0.4 is 4.90 Å². The molecule has 0 aliphatic rings. The van der Waals surface area contributed by atoms with Gasteiger partial charge in [0.2, 0.25) is 0 Å². The Kier molecular flexibility index (Phi) is 7.18. The van der Waals surface area contributed by atoms with Gasteiger partial charge in [0.25, 0.3) is 0 Å². The van der Waals surface area contributed by atoms with Gasteiger partial charge in [0.1, 0.15) is 11.2 Å². The fraction of sp³-hybridized carbons (Fsp3) is 0. The molecular formula is C50H33NO. The number of hydrogen-bond donors (Lipinski definition) is 0. The molecule has 2 heteroatoms. The molecular weight excluding hydrogens is 631 g/mol. The van der Waals surface area contributed by atoms with E-state index in [1.807, 2.05) is 12.1 Å². The van der Waals surface area contributed by atoms with E-state index < -0.39 is 0 Å². The zero-order valence-electron chi connectivity index (χ0n) is 28.4. The molecule has 0 amide bonds. The summed E-state index contributed by atoms with van der Waals surface area (Å²) in [7, 11) is 0. The minimum atomic E-state index is 0.913. The fourth-order valence-electron chi connectivity index (χ4n) is 7.64. The lowest BCUT2D eigenvalue weighted by atomic mass is 9.97. The van der Waals surface area contributed by atoms with Crippen molar-refractivity contribution < 1.29 is 4.42 Å². The summed E-state index contributed by atoms with van der Waals surface area (Å²) in [6.07, 6.45) is 0. The first-order valence-electron chi connectivity index (χ1n) is 17.7. The van der Waals surface area contributed by atoms with Crippen LogP contribution in [0.4, 0.5) is 17.1 Å². The number of fused-ring (bicyclic) bond motifs is 6. The zero-order chi connectivity index (χ0) is 34.4. The molecule has 0 saturated heterocycles. The van der Waals surface area contributed by atoms with Crippen molar-refractivity contribution >= 4 is 60.5 Å². The molecule has 0 fully saturated rings. The molecule has 0 N–H and O–H groups in total. The highest BCUT2D eigenvalue weighted by atomic mass is 16.3. The van der Waals surface area contributed by atoms with Gasteiger partial charge >= 0.3 is 0 Å². The molecule has 1 aromatic heterocycles. The largest absolute Gasteiger partial charge is 0.456 e. The summed E-state index contributed by atoms with van der Waals surface area (Å²) in [5.74, 6) is 0. The second-order valence-corrected chi connectivity index (χ2v) is 13.4. The van der Waals surface area contributed by atoms with Crippen LogP contribution in [0.2, 0.25) is 0 Å². The Labute approximate surface area is 302 Å². The van der Waals surface area contributed by atoms with Gasteiger partial charge in [-0.1, -0.05) is 140 Å². The Morgan fingerprint density at radius 2 is 0.769 bits per heavy atom. The first-order chi connectivity index (χ1) is 25.7. The minimum absolute atomic E-state index is 0.913. The van der Waals surface area contributed by atoms with Gasteiger partial charge in [-0.2, -0.15) is 0 Å². The third-order valence-corrected chi connectivity index (χ3v) is 10.2. The van der Waals surface area contributed by atoms with Crippen LogP contribution in [0.5, 0.6) is 0 Å². The maximum Gasteiger partial charge on any atom is 0.136 e. The van der Waals surface area contributed by atoms with E-state index in [1.165, 1.54) is 49.5 Å². The zero-order valence-corrected chi connectivity index (χ0v) is 28.4. The fourth-order valence-corrected chi connectivity index (χ4v) is 7.64. The van der Waals surface area contributed by atoms with Crippen LogP contribution in [0.3, 0.4) is 0 Å². The average Bonchev–Trinajstić information content (AvgIpc) is 3.58. The molecule has 10 aromatic rings. The molecule has 0 unspecified atom stereocenters. The normalized spacial score (nSPS) is 11.5. The number of furan rings is 1. The predicted octanol–water partition coefficient (Wildman–Crippen LogP) is 14.4. The van der Waals surface area contributed by atoms with E-state index in [9.17, 15) is 0 Å². The number of hydrogen-bond acceptors (Lipinski definition) is 2. The number of nitrogens with zero attached hydrogens (tertiary/aromatic N) is 1. The van der Waals surface area contributed by atoms with Crippen LogP contribution in [0.25, 0.3) is 76.9 Å². The highest BCUT2D eigenvalue weighted by Gasteiger charge is 2.17. The summed E-state index contributed by atoms with van der Waals surface area (Å²) >= 11 is 0. The Morgan fingerprint density at radius 3 is 1.48 bits per heavy atom. The molecule has 244 valence electrons. The molecule has 52 heavy (non-hydrogen) atoms. The van der Waals surface area contributed by atoms with Crippen molar-refractivity contribution in [1.82, 2.24) is 0 Å². The maximum absolute atomic E-state index is 6.27. The van der Waals surface area contributed by atoms with Crippen LogP contribution >= 0.6 is 0 Å². The molecule has 0 spiro atoms. The smallest absolute Gasteiger partial charge is 0.136 e. The second-order valence-electron chi connectivity index (χ2n) is 13.4. The number of rotatable bonds is 6. The van der Waals surface area contributed by atoms with E-state index in [0.29, 0.717) is 0 Å². The van der Waals surface area contributed by atoms with Gasteiger partial charge in [-0.15, -0.1) is 0 Å². The van der Waals surface area contributed by atoms with Gasteiger partial charge < -0.3 is 9.32 Å². The van der Waals surface area contributed by atoms with E-state index in [0.717, 1.165) is 44.4 Å². The van der Waals surface area contributed by atoms with Crippen molar-refractivity contribution in [3.63, 3.8) is 0 Å². The molecule has 2 nitrogen and oxygen atoms in total. The van der Waals surface area contributed by atoms with Crippen LogP contribution in [-0.2, 0) is 0 Å². The second kappa shape index (κ2) is 12.5. The summed E-state index contributed by atoms with van der Waals surface area (Å²) in [6.45, 7) is 0. The Morgan fingerprint density at radius 1 is 0.269 bits per heavy atom. The van der Waals surface area contributed by atoms with E-state index in [-0.39, 0.29) is 0 Å². The van der Waals surface area contributed by atoms with Gasteiger partial charge in [0, 0.05) is 27.8 Å². The summed E-state index contributed by atoms with van der Waals surface area (Å²) in [5.41, 5.74) is 12.2. The van der Waals surface area contributed by atoms with Crippen molar-refractivity contribution in [3.05, 3.63) is 200 Å². The molecule has 0 bridgehead atoms. The predicted molar refractivity (Wildman–Crippen MR) is 220 cm³/mol. The highest BCUT2D eigenvalue weighted by Crippen LogP contribution is 2.42. The Bertz CT molecular complexity index is 2910. The third kappa shape index (κ3) is 5.30. The van der Waals surface area contributed by atoms with Gasteiger partial charge in [-0.3, -0.25) is 0 Å². The molecule has 10 rings (SSSR count). The summed E-state index contributed by atoms with van der Waals surface area (Å²) in [4.78, 5) is 2.39. The minimum Gasteiger partial charge on any atom is -0.456 e. The monoisotopic (exact) mass is 663 g/mol. The van der Waals surface area contributed by atoms with Crippen LogP contribution in [0.15, 0.2) is 205 Å². The first kappa shape index (κ1) is 30.0. The third-order valence-electron chi connectivity index (χ3n) is 10.2. The van der Waals surface area contributed by atoms with E-state index >= 15 is 0 Å². The molecule has 9 aromatic carbocycles. The van der Waals surface area contributed by atoms with Crippen LogP contribution in [0.1, 0.15) is 0 Å². The van der Waals surface area contributed by atoms with E-state index in [4.69, 9.17) is 4.42 Å². The first-order valence-corrected chi connectivity index (χ1v) is 17.7. The topological polar surface area (TPSA) is 16.4 Å². The van der Waals surface area contributed by atoms with Gasteiger partial charge in [0.15, 0.2) is 0 Å². The standard InChI is InChI=1S/C50H33NO/c1-3-12-34(13-4-1)37-16-9-17-38(28-37)40-19-11-21-43(30-40)51(42-20-10-18-39(29-42)35-14-5-2-6-15-35)44-27-26-36-24-25-41-31-50-48(33-47(41)46(36)32-44)45-22-7-8-23-49(45)52-50/h1-33H. The van der Waals surface area contributed by atoms with Crippen LogP contribution in [0, 0.1) is 0 Å². The highest BCUT2D eigenvalue weighted by molar-refractivity contribution is 6.17. The van der Waals surface area contributed by atoms with Crippen LogP contribution in [-0.4, -0.2) is 0 Å². The summed E-state index contributed by atoms with van der Waals surface area (Å²) < 4.78 is 6.27. The number of benzene rings is 9. The molecule has 0 atom stereocenters. The summed E-state index contributed by atoms with van der Waals surface area (Å²) in [5, 5.41) is 7.06. The lowest BCUT2D eigenvalue weighted by Gasteiger charge is -2.27. The van der Waals surface area contributed by atoms with Gasteiger partial charge in [-0.05, 0) is 116 Å². The van der Waals surface area contributed by atoms with Gasteiger partial charge in [0.05, 0.1) is 0 Å². The summed E-state index contributed by atoms with van der Waals surface area (Å²) in [6, 6.07) is 71.9. The molecule has 0 radical (unpaired) electrons. The van der Waals surface area contributed by atoms with Gasteiger partial charge in [-0.25, -0.2) is 0 Å². The van der Waals surface area contributed by atoms with E-state index in [1.54, 1.807) is 0 Å². The Hall–Kier alpha value is -6.90. The SMILES string of the molecule is c1ccc(-c2cccc(-c3cccc(N(c4cccc(-c5ccccc5)c4)c4ccc5ccc6cc7oc8ccccc8c7cc6c5c4)c3)c2)cc1. The van der Waals surface area contributed by atoms with E-state index in [2.05, 4.69) is 193 Å². The lowest BCUT2D eigenvalue weighted by Crippen LogP contribution is -2.10. The van der Waals surface area contributed by atoms with Crippen molar-refractivity contribution in [1.29, 1.82) is 0 Å². The lowest BCUT2D eigenvalue weighted by molar-refractivity contribution is 0.669. The molecule has 1 heterocycles. The quantitative estimate of drug-likeness (QED) is 0.165. The molecule has 0 aliphatic heterocycles. The van der Waals surface area contributed by atoms with Crippen molar-refractivity contribution in [3.8, 4) is 33.4 Å². The van der Waals surface area contributed by atoms with Crippen molar-refractivity contribution in [2.45, 2.75) is 0 Å². The molecule has 0 aliphatic carbocycles. The average molecular weight is 664 g/mol. The molecule has 0 saturated carbocycles. The van der Waals surface area contributed by atoms with Crippen molar-refractivity contribution in [2.75, 3.05) is 4.90 Å². The Balaban J connectivity index is 1.16. The van der Waals surface area contributed by atoms with Crippen molar-refractivity contribution in [2.24, 2.45) is 0 Å². The number of para-hydroxylation sites is 1. The number of anilines is 3. The maximum atomic E-state index is 6.27.